The van der Waals surface area contributed by atoms with Gasteiger partial charge in [-0.3, -0.25) is 10.1 Å². The Morgan fingerprint density at radius 2 is 2.08 bits per heavy atom. The predicted octanol–water partition coefficient (Wildman–Crippen LogP) is 3.13. The topological polar surface area (TPSA) is 82.9 Å². The van der Waals surface area contributed by atoms with Crippen molar-refractivity contribution in [1.82, 2.24) is 0 Å². The van der Waals surface area contributed by atoms with Crippen molar-refractivity contribution in [2.45, 2.75) is 6.42 Å². The summed E-state index contributed by atoms with van der Waals surface area (Å²) in [6, 6.07) is 7.72. The Kier molecular flexibility index (Phi) is 4.37. The minimum atomic E-state index is -0.773. The molecule has 0 atom stereocenters. The molecule has 0 amide bonds. The van der Waals surface area contributed by atoms with Gasteiger partial charge in [0.2, 0.25) is 6.79 Å². The molecule has 1 heterocycles. The monoisotopic (exact) mass is 334 g/mol. The van der Waals surface area contributed by atoms with E-state index in [0.717, 1.165) is 11.6 Å². The molecule has 0 saturated heterocycles. The number of nitro benzene ring substituents is 1. The van der Waals surface area contributed by atoms with Crippen LogP contribution in [0.2, 0.25) is 0 Å². The molecule has 24 heavy (non-hydrogen) atoms. The predicted molar refractivity (Wildman–Crippen MR) is 84.4 cm³/mol. The first-order valence-electron chi connectivity index (χ1n) is 7.23. The Morgan fingerprint density at radius 1 is 1.29 bits per heavy atom. The van der Waals surface area contributed by atoms with Crippen molar-refractivity contribution in [2.75, 3.05) is 25.8 Å². The average Bonchev–Trinajstić information content (AvgIpc) is 3.03. The van der Waals surface area contributed by atoms with Gasteiger partial charge in [-0.15, -0.1) is 0 Å². The van der Waals surface area contributed by atoms with Crippen molar-refractivity contribution >= 4 is 11.4 Å². The number of ether oxygens (including phenoxy) is 3. The highest BCUT2D eigenvalue weighted by molar-refractivity contribution is 5.64. The number of nitrogens with zero attached hydrogens (tertiary/aromatic N) is 1. The fourth-order valence-electron chi connectivity index (χ4n) is 2.43. The lowest BCUT2D eigenvalue weighted by atomic mass is 10.1. The summed E-state index contributed by atoms with van der Waals surface area (Å²) < 4.78 is 29.0. The van der Waals surface area contributed by atoms with Crippen LogP contribution in [0.3, 0.4) is 0 Å². The second-order valence-corrected chi connectivity index (χ2v) is 5.13. The van der Waals surface area contributed by atoms with Crippen LogP contribution < -0.4 is 19.5 Å². The van der Waals surface area contributed by atoms with Gasteiger partial charge in [-0.25, -0.2) is 4.39 Å². The summed E-state index contributed by atoms with van der Waals surface area (Å²) in [6.07, 6.45) is 0.605. The van der Waals surface area contributed by atoms with Gasteiger partial charge >= 0.3 is 0 Å². The summed E-state index contributed by atoms with van der Waals surface area (Å²) >= 11 is 0. The molecular formula is C16H15FN2O5. The fourth-order valence-corrected chi connectivity index (χ4v) is 2.43. The molecule has 0 aromatic heterocycles. The number of fused-ring (bicyclic) bond motifs is 1. The van der Waals surface area contributed by atoms with Crippen molar-refractivity contribution in [1.29, 1.82) is 0 Å². The van der Waals surface area contributed by atoms with E-state index in [1.807, 2.05) is 18.2 Å². The molecule has 3 rings (SSSR count). The molecule has 8 heteroatoms. The van der Waals surface area contributed by atoms with E-state index >= 15 is 0 Å². The van der Waals surface area contributed by atoms with E-state index < -0.39 is 10.7 Å². The summed E-state index contributed by atoms with van der Waals surface area (Å²) in [4.78, 5) is 10.4. The van der Waals surface area contributed by atoms with Crippen molar-refractivity contribution in [3.05, 3.63) is 51.8 Å². The second kappa shape index (κ2) is 6.61. The lowest BCUT2D eigenvalue weighted by Gasteiger charge is -2.10. The quantitative estimate of drug-likeness (QED) is 0.645. The Labute approximate surface area is 137 Å². The minimum Gasteiger partial charge on any atom is -0.494 e. The second-order valence-electron chi connectivity index (χ2n) is 5.13. The van der Waals surface area contributed by atoms with Gasteiger partial charge in [-0.05, 0) is 24.1 Å². The van der Waals surface area contributed by atoms with Gasteiger partial charge < -0.3 is 19.5 Å². The van der Waals surface area contributed by atoms with Crippen LogP contribution in [-0.4, -0.2) is 25.4 Å². The first-order valence-corrected chi connectivity index (χ1v) is 7.23. The molecule has 0 spiro atoms. The molecule has 1 aliphatic rings. The Balaban J connectivity index is 1.71. The molecule has 1 aliphatic heterocycles. The number of nitrogens with one attached hydrogen (secondary N) is 1. The van der Waals surface area contributed by atoms with Crippen LogP contribution in [0.25, 0.3) is 0 Å². The summed E-state index contributed by atoms with van der Waals surface area (Å²) in [5.74, 6) is 0.559. The lowest BCUT2D eigenvalue weighted by Crippen LogP contribution is -2.08. The molecule has 0 radical (unpaired) electrons. The molecule has 1 N–H and O–H groups in total. The van der Waals surface area contributed by atoms with E-state index in [9.17, 15) is 14.5 Å². The number of hydrogen-bond donors (Lipinski definition) is 1. The van der Waals surface area contributed by atoms with Gasteiger partial charge in [0.15, 0.2) is 23.1 Å². The highest BCUT2D eigenvalue weighted by Crippen LogP contribution is 2.33. The number of anilines is 1. The number of rotatable bonds is 6. The maximum atomic E-state index is 13.6. The third-order valence-electron chi connectivity index (χ3n) is 3.63. The van der Waals surface area contributed by atoms with E-state index in [-0.39, 0.29) is 23.9 Å². The summed E-state index contributed by atoms with van der Waals surface area (Å²) in [7, 11) is 1.31. The number of benzene rings is 2. The lowest BCUT2D eigenvalue weighted by molar-refractivity contribution is -0.384. The molecule has 2 aromatic carbocycles. The molecule has 7 nitrogen and oxygen atoms in total. The molecule has 0 unspecified atom stereocenters. The molecule has 126 valence electrons. The average molecular weight is 334 g/mol. The Hall–Kier alpha value is -3.03. The molecular weight excluding hydrogens is 319 g/mol. The van der Waals surface area contributed by atoms with E-state index in [4.69, 9.17) is 14.2 Å². The number of halogens is 1. The van der Waals surface area contributed by atoms with Crippen LogP contribution in [0.4, 0.5) is 15.8 Å². The molecule has 0 fully saturated rings. The fraction of sp³-hybridized carbons (Fsp3) is 0.250. The number of methoxy groups -OCH3 is 1. The van der Waals surface area contributed by atoms with Crippen molar-refractivity contribution in [3.8, 4) is 17.2 Å². The van der Waals surface area contributed by atoms with Gasteiger partial charge in [0.05, 0.1) is 18.1 Å². The maximum absolute atomic E-state index is 13.6. The van der Waals surface area contributed by atoms with Crippen LogP contribution in [0.15, 0.2) is 30.3 Å². The van der Waals surface area contributed by atoms with Crippen LogP contribution in [0, 0.1) is 15.9 Å². The SMILES string of the molecule is COc1cc(NCCc2ccc3c(c2)OCO3)c([N+](=O)[O-])cc1F. The smallest absolute Gasteiger partial charge is 0.295 e. The molecule has 0 bridgehead atoms. The third-order valence-corrected chi connectivity index (χ3v) is 3.63. The van der Waals surface area contributed by atoms with E-state index in [2.05, 4.69) is 5.32 Å². The standard InChI is InChI=1S/C16H15FN2O5/c1-22-15-8-12(13(19(20)21)7-11(15)17)18-5-4-10-2-3-14-16(6-10)24-9-23-14/h2-3,6-8,18H,4-5,9H2,1H3. The largest absolute Gasteiger partial charge is 0.494 e. The summed E-state index contributed by atoms with van der Waals surface area (Å²) in [5.41, 5.74) is 0.862. The van der Waals surface area contributed by atoms with Crippen LogP contribution in [-0.2, 0) is 6.42 Å². The highest BCUT2D eigenvalue weighted by Gasteiger charge is 2.19. The summed E-state index contributed by atoms with van der Waals surface area (Å²) in [5, 5.41) is 14.0. The molecule has 0 aliphatic carbocycles. The van der Waals surface area contributed by atoms with Gasteiger partial charge in [0.25, 0.3) is 5.69 Å². The molecule has 0 saturated carbocycles. The highest BCUT2D eigenvalue weighted by atomic mass is 19.1. The van der Waals surface area contributed by atoms with E-state index in [0.29, 0.717) is 24.5 Å². The van der Waals surface area contributed by atoms with E-state index in [1.54, 1.807) is 0 Å². The van der Waals surface area contributed by atoms with Gasteiger partial charge in [-0.2, -0.15) is 0 Å². The number of nitro groups is 1. The van der Waals surface area contributed by atoms with E-state index in [1.165, 1.54) is 13.2 Å². The maximum Gasteiger partial charge on any atom is 0.295 e. The summed E-state index contributed by atoms with van der Waals surface area (Å²) in [6.45, 7) is 0.633. The Bertz CT molecular complexity index is 781. The minimum absolute atomic E-state index is 0.0498. The first kappa shape index (κ1) is 15.9. The zero-order valence-electron chi connectivity index (χ0n) is 12.9. The van der Waals surface area contributed by atoms with Crippen LogP contribution in [0.1, 0.15) is 5.56 Å². The zero-order valence-corrected chi connectivity index (χ0v) is 12.9. The van der Waals surface area contributed by atoms with Crippen molar-refractivity contribution in [2.24, 2.45) is 0 Å². The number of hydrogen-bond acceptors (Lipinski definition) is 6. The molecule has 2 aromatic rings. The first-order chi connectivity index (χ1) is 11.6. The van der Waals surface area contributed by atoms with Crippen LogP contribution >= 0.6 is 0 Å². The third kappa shape index (κ3) is 3.17. The van der Waals surface area contributed by atoms with Gasteiger partial charge in [0.1, 0.15) is 5.69 Å². The van der Waals surface area contributed by atoms with Crippen molar-refractivity contribution in [3.63, 3.8) is 0 Å². The normalized spacial score (nSPS) is 12.1. The Morgan fingerprint density at radius 3 is 2.83 bits per heavy atom. The van der Waals surface area contributed by atoms with Crippen molar-refractivity contribution < 1.29 is 23.5 Å². The van der Waals surface area contributed by atoms with Crippen LogP contribution in [0.5, 0.6) is 17.2 Å². The van der Waals surface area contributed by atoms with Gasteiger partial charge in [-0.1, -0.05) is 6.07 Å². The zero-order chi connectivity index (χ0) is 17.1. The van der Waals surface area contributed by atoms with Gasteiger partial charge in [0, 0.05) is 12.6 Å².